The van der Waals surface area contributed by atoms with Gasteiger partial charge >= 0.3 is 0 Å². The second-order valence-corrected chi connectivity index (χ2v) is 5.37. The van der Waals surface area contributed by atoms with Crippen molar-refractivity contribution in [1.29, 1.82) is 0 Å². The summed E-state index contributed by atoms with van der Waals surface area (Å²) in [5.41, 5.74) is 1.15. The lowest BCUT2D eigenvalue weighted by Crippen LogP contribution is -2.15. The van der Waals surface area contributed by atoms with E-state index in [0.29, 0.717) is 27.8 Å². The fourth-order valence-electron chi connectivity index (χ4n) is 1.96. The van der Waals surface area contributed by atoms with Crippen LogP contribution in [0.2, 0.25) is 0 Å². The molecule has 3 aromatic heterocycles. The molecule has 0 radical (unpaired) electrons. The zero-order valence-corrected chi connectivity index (χ0v) is 13.0. The Hall–Kier alpha value is -2.68. The monoisotopic (exact) mass is 318 g/mol. The third kappa shape index (κ3) is 2.58. The first-order valence-electron chi connectivity index (χ1n) is 6.53. The number of nitrogens with one attached hydrogen (secondary N) is 3. The number of carbonyl (C=O) groups excluding carboxylic acids is 1. The molecule has 8 nitrogen and oxygen atoms in total. The van der Waals surface area contributed by atoms with E-state index < -0.39 is 0 Å². The molecule has 0 aliphatic rings. The molecule has 0 spiro atoms. The number of H-pyrrole nitrogens is 1. The molecule has 9 heteroatoms. The van der Waals surface area contributed by atoms with Crippen LogP contribution in [0.4, 0.5) is 10.9 Å². The van der Waals surface area contributed by atoms with E-state index in [4.69, 9.17) is 4.42 Å². The minimum absolute atomic E-state index is 0.182. The minimum atomic E-state index is -0.309. The van der Waals surface area contributed by atoms with E-state index in [1.807, 2.05) is 13.0 Å². The van der Waals surface area contributed by atoms with Gasteiger partial charge in [-0.3, -0.25) is 15.2 Å². The molecule has 1 amide bonds. The van der Waals surface area contributed by atoms with Crippen molar-refractivity contribution in [2.45, 2.75) is 13.8 Å². The van der Waals surface area contributed by atoms with E-state index in [0.717, 1.165) is 5.76 Å². The first-order valence-corrected chi connectivity index (χ1v) is 7.30. The van der Waals surface area contributed by atoms with Gasteiger partial charge in [0.05, 0.1) is 11.3 Å². The van der Waals surface area contributed by atoms with Crippen LogP contribution in [0.25, 0.3) is 11.6 Å². The number of aryl methyl sites for hydroxylation is 2. The number of anilines is 2. The highest BCUT2D eigenvalue weighted by Crippen LogP contribution is 2.25. The second kappa shape index (κ2) is 5.60. The van der Waals surface area contributed by atoms with Crippen molar-refractivity contribution in [2.75, 3.05) is 17.7 Å². The predicted octanol–water partition coefficient (Wildman–Crippen LogP) is 2.43. The summed E-state index contributed by atoms with van der Waals surface area (Å²) >= 11 is 1.23. The van der Waals surface area contributed by atoms with E-state index >= 15 is 0 Å². The maximum absolute atomic E-state index is 12.3. The zero-order valence-electron chi connectivity index (χ0n) is 12.2. The van der Waals surface area contributed by atoms with Gasteiger partial charge in [-0.1, -0.05) is 0 Å². The number of aromatic amines is 1. The summed E-state index contributed by atoms with van der Waals surface area (Å²) in [4.78, 5) is 16.5. The van der Waals surface area contributed by atoms with Gasteiger partial charge in [-0.2, -0.15) is 9.36 Å². The minimum Gasteiger partial charge on any atom is -0.458 e. The summed E-state index contributed by atoms with van der Waals surface area (Å²) in [7, 11) is 1.74. The molecule has 3 N–H and O–H groups in total. The van der Waals surface area contributed by atoms with Gasteiger partial charge in [-0.15, -0.1) is 5.10 Å². The van der Waals surface area contributed by atoms with Gasteiger partial charge in [-0.25, -0.2) is 0 Å². The van der Waals surface area contributed by atoms with Crippen molar-refractivity contribution in [3.05, 3.63) is 29.2 Å². The van der Waals surface area contributed by atoms with Crippen LogP contribution in [0.5, 0.6) is 0 Å². The van der Waals surface area contributed by atoms with Crippen LogP contribution in [-0.4, -0.2) is 32.5 Å². The molecular weight excluding hydrogens is 304 g/mol. The average molecular weight is 318 g/mol. The topological polar surface area (TPSA) is 109 Å². The molecule has 3 aromatic rings. The van der Waals surface area contributed by atoms with Crippen LogP contribution in [0.3, 0.4) is 0 Å². The Kier molecular flexibility index (Phi) is 3.63. The molecule has 114 valence electrons. The van der Waals surface area contributed by atoms with Gasteiger partial charge in [0, 0.05) is 7.05 Å². The van der Waals surface area contributed by atoms with Gasteiger partial charge in [-0.05, 0) is 37.5 Å². The summed E-state index contributed by atoms with van der Waals surface area (Å²) < 4.78 is 9.61. The predicted molar refractivity (Wildman–Crippen MR) is 83.2 cm³/mol. The quantitative estimate of drug-likeness (QED) is 0.681. The SMILES string of the molecule is CNc1snc(C)c1C(=O)Nc1n[nH]c(-c2ccc(C)o2)n1. The fourth-order valence-corrected chi connectivity index (χ4v) is 2.70. The molecule has 0 fully saturated rings. The number of rotatable bonds is 4. The Balaban J connectivity index is 1.80. The average Bonchev–Trinajstić information content (AvgIpc) is 3.18. The van der Waals surface area contributed by atoms with Crippen molar-refractivity contribution in [1.82, 2.24) is 19.6 Å². The molecular formula is C13H14N6O2S. The lowest BCUT2D eigenvalue weighted by atomic mass is 10.2. The Morgan fingerprint density at radius 3 is 2.86 bits per heavy atom. The highest BCUT2D eigenvalue weighted by atomic mass is 32.1. The Morgan fingerprint density at radius 2 is 2.18 bits per heavy atom. The molecule has 0 aromatic carbocycles. The molecule has 0 atom stereocenters. The maximum atomic E-state index is 12.3. The highest BCUT2D eigenvalue weighted by Gasteiger charge is 2.19. The molecule has 0 aliphatic carbocycles. The van der Waals surface area contributed by atoms with E-state index in [2.05, 4.69) is 30.2 Å². The smallest absolute Gasteiger partial charge is 0.262 e. The van der Waals surface area contributed by atoms with Gasteiger partial charge in [0.25, 0.3) is 5.91 Å². The molecule has 0 aliphatic heterocycles. The number of hydrogen-bond donors (Lipinski definition) is 3. The molecule has 3 heterocycles. The first-order chi connectivity index (χ1) is 10.6. The van der Waals surface area contributed by atoms with E-state index in [1.54, 1.807) is 20.0 Å². The van der Waals surface area contributed by atoms with Gasteiger partial charge in [0.15, 0.2) is 11.6 Å². The van der Waals surface area contributed by atoms with Crippen LogP contribution >= 0.6 is 11.5 Å². The van der Waals surface area contributed by atoms with Crippen molar-refractivity contribution < 1.29 is 9.21 Å². The van der Waals surface area contributed by atoms with Crippen molar-refractivity contribution >= 4 is 28.4 Å². The summed E-state index contributed by atoms with van der Waals surface area (Å²) in [5.74, 6) is 1.67. The number of aromatic nitrogens is 4. The second-order valence-electron chi connectivity index (χ2n) is 4.59. The third-order valence-electron chi connectivity index (χ3n) is 3.00. The van der Waals surface area contributed by atoms with E-state index in [1.165, 1.54) is 11.5 Å². The Morgan fingerprint density at radius 1 is 1.36 bits per heavy atom. The number of amides is 1. The third-order valence-corrected chi connectivity index (χ3v) is 3.96. The van der Waals surface area contributed by atoms with Gasteiger partial charge in [0.1, 0.15) is 10.8 Å². The number of nitrogens with zero attached hydrogens (tertiary/aromatic N) is 3. The molecule has 0 saturated carbocycles. The van der Waals surface area contributed by atoms with E-state index in [9.17, 15) is 4.79 Å². The van der Waals surface area contributed by atoms with Crippen LogP contribution in [0.1, 0.15) is 21.8 Å². The first kappa shape index (κ1) is 14.3. The lowest BCUT2D eigenvalue weighted by molar-refractivity contribution is 0.102. The summed E-state index contributed by atoms with van der Waals surface area (Å²) in [6, 6.07) is 3.61. The van der Waals surface area contributed by atoms with Crippen LogP contribution < -0.4 is 10.6 Å². The molecule has 3 rings (SSSR count). The standard InChI is InChI=1S/C13H14N6O2S/c1-6-4-5-8(21-6)10-15-13(18-17-10)16-11(20)9-7(2)19-22-12(9)14-3/h4-5,14H,1-3H3,(H2,15,16,17,18,20). The van der Waals surface area contributed by atoms with Crippen LogP contribution in [0, 0.1) is 13.8 Å². The van der Waals surface area contributed by atoms with Gasteiger partial charge in [0.2, 0.25) is 5.95 Å². The Labute approximate surface area is 130 Å². The maximum Gasteiger partial charge on any atom is 0.262 e. The highest BCUT2D eigenvalue weighted by molar-refractivity contribution is 7.10. The zero-order chi connectivity index (χ0) is 15.7. The normalized spacial score (nSPS) is 10.7. The Bertz CT molecular complexity index is 818. The van der Waals surface area contributed by atoms with Crippen molar-refractivity contribution in [3.8, 4) is 11.6 Å². The summed E-state index contributed by atoms with van der Waals surface area (Å²) in [6.45, 7) is 3.62. The largest absolute Gasteiger partial charge is 0.458 e. The number of hydrogen-bond acceptors (Lipinski definition) is 7. The molecule has 0 bridgehead atoms. The van der Waals surface area contributed by atoms with Gasteiger partial charge < -0.3 is 9.73 Å². The van der Waals surface area contributed by atoms with Crippen molar-refractivity contribution in [3.63, 3.8) is 0 Å². The van der Waals surface area contributed by atoms with Crippen LogP contribution in [-0.2, 0) is 0 Å². The number of furan rings is 1. The molecule has 0 unspecified atom stereocenters. The lowest BCUT2D eigenvalue weighted by Gasteiger charge is -2.02. The number of carbonyl (C=O) groups is 1. The molecule has 0 saturated heterocycles. The molecule has 22 heavy (non-hydrogen) atoms. The van der Waals surface area contributed by atoms with Crippen molar-refractivity contribution in [2.24, 2.45) is 0 Å². The van der Waals surface area contributed by atoms with E-state index in [-0.39, 0.29) is 11.9 Å². The summed E-state index contributed by atoms with van der Waals surface area (Å²) in [5, 5.41) is 13.0. The fraction of sp³-hybridized carbons (Fsp3) is 0.231. The van der Waals surface area contributed by atoms with Crippen LogP contribution in [0.15, 0.2) is 16.5 Å². The summed E-state index contributed by atoms with van der Waals surface area (Å²) in [6.07, 6.45) is 0.